The summed E-state index contributed by atoms with van der Waals surface area (Å²) in [6, 6.07) is 1.95. The van der Waals surface area contributed by atoms with Crippen LogP contribution in [-0.4, -0.2) is 59.0 Å². The predicted molar refractivity (Wildman–Crippen MR) is 110 cm³/mol. The van der Waals surface area contributed by atoms with E-state index in [0.717, 1.165) is 5.69 Å². The molecule has 2 N–H and O–H groups in total. The van der Waals surface area contributed by atoms with E-state index >= 15 is 0 Å². The smallest absolute Gasteiger partial charge is 0.410 e. The van der Waals surface area contributed by atoms with Gasteiger partial charge in [0, 0.05) is 39.9 Å². The van der Waals surface area contributed by atoms with Gasteiger partial charge in [0.15, 0.2) is 5.96 Å². The number of hydrogen-bond donors (Lipinski definition) is 2. The highest BCUT2D eigenvalue weighted by Crippen LogP contribution is 2.09. The fourth-order valence-corrected chi connectivity index (χ4v) is 1.98. The topological polar surface area (TPSA) is 83.8 Å². The molecule has 0 fully saturated rings. The van der Waals surface area contributed by atoms with Gasteiger partial charge in [-0.2, -0.15) is 5.10 Å². The Hall–Kier alpha value is -1.52. The minimum Gasteiger partial charge on any atom is -0.444 e. The molecule has 8 nitrogen and oxygen atoms in total. The van der Waals surface area contributed by atoms with Crippen molar-refractivity contribution in [3.8, 4) is 0 Å². The summed E-state index contributed by atoms with van der Waals surface area (Å²) in [5, 5.41) is 10.5. The third kappa shape index (κ3) is 8.94. The molecule has 25 heavy (non-hydrogen) atoms. The number of rotatable bonds is 6. The van der Waals surface area contributed by atoms with Gasteiger partial charge in [-0.3, -0.25) is 9.67 Å². The van der Waals surface area contributed by atoms with Crippen molar-refractivity contribution in [3.63, 3.8) is 0 Å². The maximum Gasteiger partial charge on any atom is 0.410 e. The van der Waals surface area contributed by atoms with Gasteiger partial charge in [-0.15, -0.1) is 24.0 Å². The molecule has 1 rings (SSSR count). The minimum atomic E-state index is -0.487. The van der Waals surface area contributed by atoms with Crippen LogP contribution >= 0.6 is 24.0 Å². The number of ether oxygens (including phenoxy) is 1. The van der Waals surface area contributed by atoms with Crippen LogP contribution in [0.1, 0.15) is 33.4 Å². The van der Waals surface area contributed by atoms with Crippen molar-refractivity contribution in [2.75, 3.05) is 26.7 Å². The van der Waals surface area contributed by atoms with Gasteiger partial charge in [-0.1, -0.05) is 0 Å². The van der Waals surface area contributed by atoms with Gasteiger partial charge in [0.05, 0.1) is 12.2 Å². The third-order valence-corrected chi connectivity index (χ3v) is 3.29. The van der Waals surface area contributed by atoms with Crippen molar-refractivity contribution < 1.29 is 9.53 Å². The van der Waals surface area contributed by atoms with Gasteiger partial charge in [-0.05, 0) is 33.8 Å². The number of halogens is 1. The summed E-state index contributed by atoms with van der Waals surface area (Å²) >= 11 is 0. The zero-order valence-electron chi connectivity index (χ0n) is 16.0. The van der Waals surface area contributed by atoms with Gasteiger partial charge >= 0.3 is 6.09 Å². The summed E-state index contributed by atoms with van der Waals surface area (Å²) in [7, 11) is 3.61. The lowest BCUT2D eigenvalue weighted by Crippen LogP contribution is -2.44. The lowest BCUT2D eigenvalue weighted by Gasteiger charge is -2.26. The highest BCUT2D eigenvalue weighted by atomic mass is 127. The second-order valence-corrected chi connectivity index (χ2v) is 6.36. The summed E-state index contributed by atoms with van der Waals surface area (Å²) in [6.45, 7) is 9.86. The summed E-state index contributed by atoms with van der Waals surface area (Å²) in [6.07, 6.45) is 1.46. The lowest BCUT2D eigenvalue weighted by atomic mass is 10.2. The molecule has 0 aromatic carbocycles. The normalized spacial score (nSPS) is 11.5. The number of likely N-dealkylation sites (N-methyl/N-ethyl adjacent to an activating group) is 1. The highest BCUT2D eigenvalue weighted by Gasteiger charge is 2.20. The Labute approximate surface area is 167 Å². The molecular formula is C16H31IN6O2. The molecule has 0 atom stereocenters. The van der Waals surface area contributed by atoms with Crippen molar-refractivity contribution in [1.82, 2.24) is 25.3 Å². The molecule has 9 heteroatoms. The van der Waals surface area contributed by atoms with Crippen LogP contribution in [0.3, 0.4) is 0 Å². The third-order valence-electron chi connectivity index (χ3n) is 3.29. The molecule has 0 bridgehead atoms. The first-order valence-electron chi connectivity index (χ1n) is 8.16. The number of carbonyl (C=O) groups is 1. The molecular weight excluding hydrogens is 435 g/mol. The monoisotopic (exact) mass is 466 g/mol. The van der Waals surface area contributed by atoms with Crippen molar-refractivity contribution in [3.05, 3.63) is 18.0 Å². The molecule has 0 spiro atoms. The first kappa shape index (κ1) is 23.5. The molecule has 144 valence electrons. The van der Waals surface area contributed by atoms with Crippen molar-refractivity contribution in [2.24, 2.45) is 12.0 Å². The van der Waals surface area contributed by atoms with E-state index in [4.69, 9.17) is 4.74 Å². The van der Waals surface area contributed by atoms with Crippen LogP contribution < -0.4 is 10.6 Å². The van der Waals surface area contributed by atoms with Gasteiger partial charge in [0.1, 0.15) is 5.60 Å². The number of aromatic nitrogens is 2. The number of carbonyl (C=O) groups excluding carboxylic acids is 1. The molecule has 1 heterocycles. The number of nitrogens with one attached hydrogen (secondary N) is 2. The van der Waals surface area contributed by atoms with Gasteiger partial charge in [0.25, 0.3) is 0 Å². The number of nitrogens with zero attached hydrogens (tertiary/aromatic N) is 4. The molecule has 1 aromatic heterocycles. The number of hydrogen-bond acceptors (Lipinski definition) is 4. The van der Waals surface area contributed by atoms with E-state index in [-0.39, 0.29) is 30.1 Å². The van der Waals surface area contributed by atoms with E-state index in [1.165, 1.54) is 0 Å². The van der Waals surface area contributed by atoms with Crippen LogP contribution in [0.2, 0.25) is 0 Å². The summed E-state index contributed by atoms with van der Waals surface area (Å²) in [5.41, 5.74) is 0.570. The zero-order chi connectivity index (χ0) is 18.2. The Morgan fingerprint density at radius 1 is 1.40 bits per heavy atom. The molecule has 0 unspecified atom stereocenters. The summed E-state index contributed by atoms with van der Waals surface area (Å²) < 4.78 is 7.20. The van der Waals surface area contributed by atoms with Crippen LogP contribution in [0.25, 0.3) is 0 Å². The Morgan fingerprint density at radius 3 is 2.56 bits per heavy atom. The Balaban J connectivity index is 0.00000576. The summed E-state index contributed by atoms with van der Waals surface area (Å²) in [5.74, 6) is 0.677. The quantitative estimate of drug-likeness (QED) is 0.381. The van der Waals surface area contributed by atoms with E-state index in [1.807, 2.05) is 45.5 Å². The van der Waals surface area contributed by atoms with E-state index in [2.05, 4.69) is 20.7 Å². The van der Waals surface area contributed by atoms with E-state index < -0.39 is 5.60 Å². The molecule has 0 aliphatic carbocycles. The van der Waals surface area contributed by atoms with Crippen molar-refractivity contribution in [1.29, 1.82) is 0 Å². The van der Waals surface area contributed by atoms with E-state index in [0.29, 0.717) is 32.1 Å². The van der Waals surface area contributed by atoms with Crippen LogP contribution in [0.5, 0.6) is 0 Å². The Kier molecular flexibility index (Phi) is 10.5. The average molecular weight is 466 g/mol. The second kappa shape index (κ2) is 11.2. The number of aryl methyl sites for hydroxylation is 1. The molecule has 0 saturated carbocycles. The standard InChI is InChI=1S/C16H30N6O2.HI/c1-7-22(15(23)24-16(2,3)4)11-10-18-14(17-5)19-12-13-8-9-20-21(13)6;/h8-9H,7,10-12H2,1-6H3,(H2,17,18,19);1H. The average Bonchev–Trinajstić information content (AvgIpc) is 2.90. The van der Waals surface area contributed by atoms with Crippen LogP contribution in [0, 0.1) is 0 Å². The fourth-order valence-electron chi connectivity index (χ4n) is 1.98. The fraction of sp³-hybridized carbons (Fsp3) is 0.688. The molecule has 0 aliphatic heterocycles. The van der Waals surface area contributed by atoms with Gasteiger partial charge in [-0.25, -0.2) is 4.79 Å². The maximum atomic E-state index is 12.1. The van der Waals surface area contributed by atoms with Gasteiger partial charge in [0.2, 0.25) is 0 Å². The van der Waals surface area contributed by atoms with Gasteiger partial charge < -0.3 is 20.3 Å². The minimum absolute atomic E-state index is 0. The number of guanidine groups is 1. The van der Waals surface area contributed by atoms with Crippen molar-refractivity contribution >= 4 is 36.0 Å². The van der Waals surface area contributed by atoms with Crippen LogP contribution in [-0.2, 0) is 18.3 Å². The molecule has 0 aliphatic rings. The van der Waals surface area contributed by atoms with Crippen molar-refractivity contribution in [2.45, 2.75) is 39.8 Å². The lowest BCUT2D eigenvalue weighted by molar-refractivity contribution is 0.0264. The largest absolute Gasteiger partial charge is 0.444 e. The molecule has 0 saturated heterocycles. The zero-order valence-corrected chi connectivity index (χ0v) is 18.3. The van der Waals surface area contributed by atoms with Crippen LogP contribution in [0.15, 0.2) is 17.3 Å². The van der Waals surface area contributed by atoms with E-state index in [1.54, 1.807) is 18.1 Å². The molecule has 0 radical (unpaired) electrons. The van der Waals surface area contributed by atoms with Crippen LogP contribution in [0.4, 0.5) is 4.79 Å². The highest BCUT2D eigenvalue weighted by molar-refractivity contribution is 14.0. The van der Waals surface area contributed by atoms with E-state index in [9.17, 15) is 4.79 Å². The first-order chi connectivity index (χ1) is 11.3. The Morgan fingerprint density at radius 2 is 2.08 bits per heavy atom. The number of amides is 1. The maximum absolute atomic E-state index is 12.1. The SMILES string of the molecule is CCN(CCNC(=NC)NCc1ccnn1C)C(=O)OC(C)(C)C.I. The summed E-state index contributed by atoms with van der Waals surface area (Å²) in [4.78, 5) is 17.9. The molecule has 1 aromatic rings. The predicted octanol–water partition coefficient (Wildman–Crippen LogP) is 1.96. The Bertz CT molecular complexity index is 553. The second-order valence-electron chi connectivity index (χ2n) is 6.36. The number of aliphatic imine (C=N–C) groups is 1. The molecule has 1 amide bonds. The first-order valence-corrected chi connectivity index (χ1v) is 8.16.